The molecular weight excluding hydrogens is 270 g/mol. The van der Waals surface area contributed by atoms with E-state index in [-0.39, 0.29) is 12.5 Å². The number of rotatable bonds is 4. The number of anilines is 1. The summed E-state index contributed by atoms with van der Waals surface area (Å²) in [4.78, 5) is 13.1. The van der Waals surface area contributed by atoms with Crippen molar-refractivity contribution in [2.24, 2.45) is 0 Å². The highest BCUT2D eigenvalue weighted by Crippen LogP contribution is 2.26. The maximum atomic E-state index is 11.1. The molecule has 1 N–H and O–H groups in total. The van der Waals surface area contributed by atoms with Crippen LogP contribution in [0.2, 0.25) is 0 Å². The standard InChI is InChI=1S/C14H17N5O2/c20-13(21)10-12-8-4-5-9-18(12)14-15-16-17-19(14)11-6-2-1-3-7-11/h1-3,6-7,12H,4-5,8-10H2,(H,20,21). The lowest BCUT2D eigenvalue weighted by Gasteiger charge is -2.35. The molecule has 3 rings (SSSR count). The third-order valence-electron chi connectivity index (χ3n) is 3.75. The van der Waals surface area contributed by atoms with Gasteiger partial charge < -0.3 is 10.0 Å². The van der Waals surface area contributed by atoms with Crippen LogP contribution in [0.3, 0.4) is 0 Å². The molecule has 1 aromatic carbocycles. The van der Waals surface area contributed by atoms with Crippen molar-refractivity contribution in [2.45, 2.75) is 31.7 Å². The van der Waals surface area contributed by atoms with Gasteiger partial charge in [0.05, 0.1) is 12.1 Å². The molecule has 7 heteroatoms. The van der Waals surface area contributed by atoms with E-state index in [1.807, 2.05) is 35.2 Å². The Morgan fingerprint density at radius 3 is 2.86 bits per heavy atom. The quantitative estimate of drug-likeness (QED) is 0.917. The van der Waals surface area contributed by atoms with Gasteiger partial charge in [-0.25, -0.2) is 0 Å². The summed E-state index contributed by atoms with van der Waals surface area (Å²) in [5.74, 6) is -0.169. The summed E-state index contributed by atoms with van der Waals surface area (Å²) in [6.45, 7) is 0.783. The molecule has 1 unspecified atom stereocenters. The number of benzene rings is 1. The molecule has 7 nitrogen and oxygen atoms in total. The molecule has 2 heterocycles. The van der Waals surface area contributed by atoms with E-state index in [9.17, 15) is 4.79 Å². The van der Waals surface area contributed by atoms with E-state index in [1.165, 1.54) is 0 Å². The second-order valence-corrected chi connectivity index (χ2v) is 5.17. The molecule has 1 aliphatic rings. The number of aromatic nitrogens is 4. The average Bonchev–Trinajstić information content (AvgIpc) is 2.97. The van der Waals surface area contributed by atoms with E-state index < -0.39 is 5.97 Å². The van der Waals surface area contributed by atoms with Crippen LogP contribution >= 0.6 is 0 Å². The van der Waals surface area contributed by atoms with Crippen molar-refractivity contribution >= 4 is 11.9 Å². The Hall–Kier alpha value is -2.44. The lowest BCUT2D eigenvalue weighted by Crippen LogP contribution is -2.42. The normalized spacial score (nSPS) is 18.7. The maximum absolute atomic E-state index is 11.1. The number of hydrogen-bond donors (Lipinski definition) is 1. The minimum absolute atomic E-state index is 0.0512. The molecule has 2 aromatic rings. The number of aliphatic carboxylic acids is 1. The zero-order valence-electron chi connectivity index (χ0n) is 11.6. The van der Waals surface area contributed by atoms with Gasteiger partial charge in [0.1, 0.15) is 0 Å². The minimum atomic E-state index is -0.786. The second kappa shape index (κ2) is 5.90. The van der Waals surface area contributed by atoms with Gasteiger partial charge in [0.2, 0.25) is 0 Å². The maximum Gasteiger partial charge on any atom is 0.305 e. The molecule has 21 heavy (non-hydrogen) atoms. The zero-order valence-corrected chi connectivity index (χ0v) is 11.6. The van der Waals surface area contributed by atoms with E-state index in [1.54, 1.807) is 4.68 Å². The summed E-state index contributed by atoms with van der Waals surface area (Å²) >= 11 is 0. The van der Waals surface area contributed by atoms with E-state index >= 15 is 0 Å². The van der Waals surface area contributed by atoms with E-state index in [0.29, 0.717) is 5.95 Å². The fraction of sp³-hybridized carbons (Fsp3) is 0.429. The molecule has 0 bridgehead atoms. The summed E-state index contributed by atoms with van der Waals surface area (Å²) < 4.78 is 1.67. The van der Waals surface area contributed by atoms with Crippen LogP contribution in [-0.4, -0.2) is 43.9 Å². The minimum Gasteiger partial charge on any atom is -0.481 e. The van der Waals surface area contributed by atoms with E-state index in [2.05, 4.69) is 15.5 Å². The number of carboxylic acid groups (broad SMARTS) is 1. The molecule has 0 amide bonds. The molecule has 0 saturated carbocycles. The number of hydrogen-bond acceptors (Lipinski definition) is 5. The summed E-state index contributed by atoms with van der Waals surface area (Å²) in [6.07, 6.45) is 3.04. The Balaban J connectivity index is 1.92. The molecule has 1 fully saturated rings. The monoisotopic (exact) mass is 287 g/mol. The smallest absolute Gasteiger partial charge is 0.305 e. The van der Waals surface area contributed by atoms with Crippen LogP contribution in [0.4, 0.5) is 5.95 Å². The highest BCUT2D eigenvalue weighted by molar-refractivity contribution is 5.68. The van der Waals surface area contributed by atoms with Crippen LogP contribution in [0.1, 0.15) is 25.7 Å². The summed E-state index contributed by atoms with van der Waals surface area (Å²) in [6, 6.07) is 9.58. The first kappa shape index (κ1) is 13.5. The van der Waals surface area contributed by atoms with Crippen molar-refractivity contribution < 1.29 is 9.90 Å². The highest BCUT2D eigenvalue weighted by Gasteiger charge is 2.28. The average molecular weight is 287 g/mol. The summed E-state index contributed by atoms with van der Waals surface area (Å²) in [5, 5.41) is 21.0. The Labute approximate surface area is 122 Å². The third kappa shape index (κ3) is 2.86. The Bertz CT molecular complexity index is 613. The highest BCUT2D eigenvalue weighted by atomic mass is 16.4. The lowest BCUT2D eigenvalue weighted by atomic mass is 10.00. The first-order chi connectivity index (χ1) is 10.3. The topological polar surface area (TPSA) is 84.1 Å². The van der Waals surface area contributed by atoms with Crippen LogP contribution in [0, 0.1) is 0 Å². The van der Waals surface area contributed by atoms with Crippen molar-refractivity contribution in [3.63, 3.8) is 0 Å². The number of para-hydroxylation sites is 1. The van der Waals surface area contributed by atoms with Crippen molar-refractivity contribution in [2.75, 3.05) is 11.4 Å². The van der Waals surface area contributed by atoms with Gasteiger partial charge in [-0.15, -0.1) is 0 Å². The van der Waals surface area contributed by atoms with Crippen molar-refractivity contribution in [1.29, 1.82) is 0 Å². The fourth-order valence-corrected chi connectivity index (χ4v) is 2.78. The second-order valence-electron chi connectivity index (χ2n) is 5.17. The summed E-state index contributed by atoms with van der Waals surface area (Å²) in [5.41, 5.74) is 0.872. The predicted octanol–water partition coefficient (Wildman–Crippen LogP) is 1.50. The number of tetrazole rings is 1. The molecule has 1 saturated heterocycles. The van der Waals surface area contributed by atoms with Gasteiger partial charge in [0.25, 0.3) is 5.95 Å². The molecule has 0 spiro atoms. The van der Waals surface area contributed by atoms with Gasteiger partial charge in [0.15, 0.2) is 0 Å². The lowest BCUT2D eigenvalue weighted by molar-refractivity contribution is -0.137. The van der Waals surface area contributed by atoms with Gasteiger partial charge in [-0.05, 0) is 41.8 Å². The van der Waals surface area contributed by atoms with Gasteiger partial charge in [0, 0.05) is 12.6 Å². The van der Waals surface area contributed by atoms with Crippen LogP contribution in [0.15, 0.2) is 30.3 Å². The van der Waals surface area contributed by atoms with Gasteiger partial charge in [-0.2, -0.15) is 4.68 Å². The third-order valence-corrected chi connectivity index (χ3v) is 3.75. The molecule has 1 aliphatic heterocycles. The number of nitrogens with zero attached hydrogens (tertiary/aromatic N) is 5. The number of carbonyl (C=O) groups is 1. The number of carboxylic acids is 1. The van der Waals surface area contributed by atoms with E-state index in [0.717, 1.165) is 31.5 Å². The predicted molar refractivity (Wildman–Crippen MR) is 76.4 cm³/mol. The van der Waals surface area contributed by atoms with Gasteiger partial charge >= 0.3 is 5.97 Å². The first-order valence-electron chi connectivity index (χ1n) is 7.08. The van der Waals surface area contributed by atoms with Crippen molar-refractivity contribution in [3.05, 3.63) is 30.3 Å². The number of piperidine rings is 1. The van der Waals surface area contributed by atoms with Crippen molar-refractivity contribution in [3.8, 4) is 5.69 Å². The Morgan fingerprint density at radius 1 is 1.29 bits per heavy atom. The molecule has 0 aliphatic carbocycles. The Kier molecular flexibility index (Phi) is 3.81. The van der Waals surface area contributed by atoms with Crippen LogP contribution in [0.25, 0.3) is 5.69 Å². The van der Waals surface area contributed by atoms with Crippen LogP contribution in [-0.2, 0) is 4.79 Å². The molecular formula is C14H17N5O2. The van der Waals surface area contributed by atoms with Crippen molar-refractivity contribution in [1.82, 2.24) is 20.2 Å². The van der Waals surface area contributed by atoms with E-state index in [4.69, 9.17) is 5.11 Å². The molecule has 1 aromatic heterocycles. The molecule has 1 atom stereocenters. The van der Waals surface area contributed by atoms with Crippen LogP contribution < -0.4 is 4.90 Å². The summed E-state index contributed by atoms with van der Waals surface area (Å²) in [7, 11) is 0. The zero-order chi connectivity index (χ0) is 14.7. The van der Waals surface area contributed by atoms with Gasteiger partial charge in [-0.3, -0.25) is 4.79 Å². The molecule has 110 valence electrons. The van der Waals surface area contributed by atoms with Crippen LogP contribution in [0.5, 0.6) is 0 Å². The molecule has 0 radical (unpaired) electrons. The Morgan fingerprint density at radius 2 is 2.10 bits per heavy atom. The first-order valence-corrected chi connectivity index (χ1v) is 7.08. The fourth-order valence-electron chi connectivity index (χ4n) is 2.78. The van der Waals surface area contributed by atoms with Gasteiger partial charge in [-0.1, -0.05) is 23.3 Å². The SMILES string of the molecule is O=C(O)CC1CCCCN1c1nnnn1-c1ccccc1. The largest absolute Gasteiger partial charge is 0.481 e.